The summed E-state index contributed by atoms with van der Waals surface area (Å²) in [7, 11) is 0. The Morgan fingerprint density at radius 2 is 1.82 bits per heavy atom. The molecule has 7 nitrogen and oxygen atoms in total. The van der Waals surface area contributed by atoms with Crippen LogP contribution in [0.3, 0.4) is 0 Å². The summed E-state index contributed by atoms with van der Waals surface area (Å²) in [6.45, 7) is 3.61. The van der Waals surface area contributed by atoms with Crippen LogP contribution in [0.25, 0.3) is 22.4 Å². The molecule has 0 N–H and O–H groups in total. The van der Waals surface area contributed by atoms with Crippen molar-refractivity contribution in [2.45, 2.75) is 13.8 Å². The number of fused-ring (bicyclic) bond motifs is 3. The van der Waals surface area contributed by atoms with Crippen LogP contribution in [0.1, 0.15) is 11.5 Å². The largest absolute Gasteiger partial charge is 0.283 e. The van der Waals surface area contributed by atoms with Crippen LogP contribution < -0.4 is 5.56 Å². The maximum atomic E-state index is 12.8. The zero-order valence-electron chi connectivity index (χ0n) is 12.1. The predicted molar refractivity (Wildman–Crippen MR) is 81.2 cm³/mol. The molecule has 4 rings (SSSR count). The van der Waals surface area contributed by atoms with Crippen LogP contribution in [0.5, 0.6) is 0 Å². The first-order chi connectivity index (χ1) is 10.6. The van der Waals surface area contributed by atoms with Gasteiger partial charge in [-0.05, 0) is 32.0 Å². The van der Waals surface area contributed by atoms with E-state index in [2.05, 4.69) is 20.1 Å². The predicted octanol–water partition coefficient (Wildman–Crippen LogP) is 1.44. The summed E-state index contributed by atoms with van der Waals surface area (Å²) in [4.78, 5) is 25.5. The molecular formula is C15H12N6O. The lowest BCUT2D eigenvalue weighted by molar-refractivity contribution is 0.932. The summed E-state index contributed by atoms with van der Waals surface area (Å²) in [5.41, 5.74) is 1.97. The number of pyridine rings is 2. The minimum Gasteiger partial charge on any atom is -0.283 e. The first-order valence-electron chi connectivity index (χ1n) is 6.81. The maximum Gasteiger partial charge on any atom is 0.266 e. The van der Waals surface area contributed by atoms with Gasteiger partial charge in [0.05, 0.1) is 22.3 Å². The molecule has 4 aromatic rings. The van der Waals surface area contributed by atoms with Gasteiger partial charge in [0.15, 0.2) is 0 Å². The Bertz CT molecular complexity index is 1060. The summed E-state index contributed by atoms with van der Waals surface area (Å²) < 4.78 is 3.18. The molecule has 0 aromatic carbocycles. The fraction of sp³-hybridized carbons (Fsp3) is 0.133. The Morgan fingerprint density at radius 3 is 2.59 bits per heavy atom. The molecule has 0 amide bonds. The van der Waals surface area contributed by atoms with E-state index in [1.807, 2.05) is 13.0 Å². The molecule has 108 valence electrons. The van der Waals surface area contributed by atoms with Crippen LogP contribution >= 0.6 is 0 Å². The van der Waals surface area contributed by atoms with Gasteiger partial charge in [0.1, 0.15) is 5.82 Å². The Morgan fingerprint density at radius 1 is 1.05 bits per heavy atom. The highest BCUT2D eigenvalue weighted by Crippen LogP contribution is 2.15. The summed E-state index contributed by atoms with van der Waals surface area (Å²) in [5, 5.41) is 4.85. The first-order valence-corrected chi connectivity index (χ1v) is 6.81. The van der Waals surface area contributed by atoms with Crippen LogP contribution in [0, 0.1) is 13.8 Å². The molecule has 4 aromatic heterocycles. The highest BCUT2D eigenvalue weighted by Gasteiger charge is 2.13. The maximum absolute atomic E-state index is 12.8. The molecule has 0 spiro atoms. The van der Waals surface area contributed by atoms with Crippen molar-refractivity contribution in [3.63, 3.8) is 0 Å². The van der Waals surface area contributed by atoms with Gasteiger partial charge in [-0.15, -0.1) is 5.10 Å². The molecule has 0 aliphatic carbocycles. The van der Waals surface area contributed by atoms with Gasteiger partial charge < -0.3 is 0 Å². The average Bonchev–Trinajstić information content (AvgIpc) is 2.88. The molecular weight excluding hydrogens is 280 g/mol. The van der Waals surface area contributed by atoms with Crippen LogP contribution in [0.4, 0.5) is 0 Å². The van der Waals surface area contributed by atoms with E-state index in [9.17, 15) is 4.79 Å². The monoisotopic (exact) mass is 292 g/mol. The first kappa shape index (κ1) is 12.6. The molecule has 0 radical (unpaired) electrons. The summed E-state index contributed by atoms with van der Waals surface area (Å²) >= 11 is 0. The Kier molecular flexibility index (Phi) is 2.56. The lowest BCUT2D eigenvalue weighted by Gasteiger charge is -2.08. The molecule has 0 aliphatic heterocycles. The standard InChI is InChI=1S/C15H12N6O/c1-9-13-12(21-15(17-9)18-10(2)19-21)5-8-20(14(13)22)11-3-6-16-7-4-11/h3-8H,1-2H3. The van der Waals surface area contributed by atoms with Crippen molar-refractivity contribution in [1.82, 2.24) is 29.1 Å². The minimum atomic E-state index is -0.135. The summed E-state index contributed by atoms with van der Waals surface area (Å²) in [5.74, 6) is 1.13. The normalized spacial score (nSPS) is 11.4. The van der Waals surface area contributed by atoms with E-state index in [-0.39, 0.29) is 5.56 Å². The zero-order chi connectivity index (χ0) is 15.3. The molecule has 0 unspecified atom stereocenters. The van der Waals surface area contributed by atoms with Crippen LogP contribution in [-0.4, -0.2) is 29.1 Å². The van der Waals surface area contributed by atoms with E-state index >= 15 is 0 Å². The van der Waals surface area contributed by atoms with Gasteiger partial charge in [-0.2, -0.15) is 9.50 Å². The van der Waals surface area contributed by atoms with Crippen LogP contribution in [-0.2, 0) is 0 Å². The molecule has 0 saturated carbocycles. The number of nitrogens with zero attached hydrogens (tertiary/aromatic N) is 6. The van der Waals surface area contributed by atoms with Gasteiger partial charge in [0, 0.05) is 18.6 Å². The molecule has 0 aliphatic rings. The number of aromatic nitrogens is 6. The van der Waals surface area contributed by atoms with Gasteiger partial charge in [-0.25, -0.2) is 4.98 Å². The second-order valence-electron chi connectivity index (χ2n) is 5.02. The molecule has 7 heteroatoms. The molecule has 22 heavy (non-hydrogen) atoms. The third-order valence-corrected chi connectivity index (χ3v) is 3.56. The van der Waals surface area contributed by atoms with Crippen molar-refractivity contribution < 1.29 is 0 Å². The molecule has 0 fully saturated rings. The highest BCUT2D eigenvalue weighted by atomic mass is 16.1. The zero-order valence-corrected chi connectivity index (χ0v) is 12.1. The summed E-state index contributed by atoms with van der Waals surface area (Å²) in [6, 6.07) is 5.43. The SMILES string of the molecule is Cc1nc2nc(C)c3c(=O)n(-c4ccncc4)ccc3n2n1. The second kappa shape index (κ2) is 4.45. The lowest BCUT2D eigenvalue weighted by Crippen LogP contribution is -2.20. The van der Waals surface area contributed by atoms with E-state index in [0.717, 1.165) is 5.69 Å². The van der Waals surface area contributed by atoms with Crippen molar-refractivity contribution in [2.24, 2.45) is 0 Å². The van der Waals surface area contributed by atoms with Crippen molar-refractivity contribution >= 4 is 16.7 Å². The lowest BCUT2D eigenvalue weighted by atomic mass is 10.2. The van der Waals surface area contributed by atoms with Crippen molar-refractivity contribution in [2.75, 3.05) is 0 Å². The van der Waals surface area contributed by atoms with Crippen molar-refractivity contribution in [3.8, 4) is 5.69 Å². The van der Waals surface area contributed by atoms with Crippen molar-refractivity contribution in [3.05, 3.63) is 58.7 Å². The van der Waals surface area contributed by atoms with Gasteiger partial charge >= 0.3 is 0 Å². The fourth-order valence-electron chi connectivity index (χ4n) is 2.59. The smallest absolute Gasteiger partial charge is 0.266 e. The number of hydrogen-bond donors (Lipinski definition) is 0. The van der Waals surface area contributed by atoms with E-state index in [0.29, 0.717) is 28.2 Å². The van der Waals surface area contributed by atoms with Gasteiger partial charge in [0.2, 0.25) is 0 Å². The van der Waals surface area contributed by atoms with E-state index in [1.54, 1.807) is 46.7 Å². The Balaban J connectivity index is 2.14. The Hall–Kier alpha value is -3.09. The van der Waals surface area contributed by atoms with E-state index in [4.69, 9.17) is 0 Å². The van der Waals surface area contributed by atoms with Gasteiger partial charge in [-0.3, -0.25) is 14.3 Å². The second-order valence-corrected chi connectivity index (χ2v) is 5.02. The van der Waals surface area contributed by atoms with Gasteiger partial charge in [-0.1, -0.05) is 0 Å². The summed E-state index contributed by atoms with van der Waals surface area (Å²) in [6.07, 6.45) is 5.04. The third kappa shape index (κ3) is 1.72. The van der Waals surface area contributed by atoms with Crippen LogP contribution in [0.15, 0.2) is 41.6 Å². The molecule has 4 heterocycles. The number of aryl methyl sites for hydroxylation is 2. The fourth-order valence-corrected chi connectivity index (χ4v) is 2.59. The van der Waals surface area contributed by atoms with Gasteiger partial charge in [0.25, 0.3) is 11.3 Å². The third-order valence-electron chi connectivity index (χ3n) is 3.56. The quantitative estimate of drug-likeness (QED) is 0.530. The molecule has 0 atom stereocenters. The topological polar surface area (TPSA) is 78.0 Å². The van der Waals surface area contributed by atoms with Crippen molar-refractivity contribution in [1.29, 1.82) is 0 Å². The number of hydrogen-bond acceptors (Lipinski definition) is 5. The van der Waals surface area contributed by atoms with E-state index < -0.39 is 0 Å². The number of rotatable bonds is 1. The Labute approximate surface area is 124 Å². The minimum absolute atomic E-state index is 0.135. The molecule has 0 bridgehead atoms. The highest BCUT2D eigenvalue weighted by molar-refractivity contribution is 5.82. The molecule has 0 saturated heterocycles. The van der Waals surface area contributed by atoms with Crippen LogP contribution in [0.2, 0.25) is 0 Å². The average molecular weight is 292 g/mol. The van der Waals surface area contributed by atoms with E-state index in [1.165, 1.54) is 0 Å².